The van der Waals surface area contributed by atoms with Gasteiger partial charge >= 0.3 is 0 Å². The molecule has 0 radical (unpaired) electrons. The fourth-order valence-electron chi connectivity index (χ4n) is 2.57. The lowest BCUT2D eigenvalue weighted by Crippen LogP contribution is -2.00. The first-order valence-electron chi connectivity index (χ1n) is 5.77. The lowest BCUT2D eigenvalue weighted by molar-refractivity contribution is 0.936. The van der Waals surface area contributed by atoms with E-state index in [1.54, 1.807) is 20.9 Å². The van der Waals surface area contributed by atoms with Gasteiger partial charge in [0.1, 0.15) is 0 Å². The molecule has 3 rings (SSSR count). The van der Waals surface area contributed by atoms with E-state index in [1.165, 1.54) is 33.7 Å². The van der Waals surface area contributed by atoms with Gasteiger partial charge in [-0.1, -0.05) is 0 Å². The summed E-state index contributed by atoms with van der Waals surface area (Å²) in [6.07, 6.45) is 2.49. The molecule has 16 heavy (non-hydrogen) atoms. The topological polar surface area (TPSA) is 0 Å². The van der Waals surface area contributed by atoms with Crippen LogP contribution in [0.5, 0.6) is 0 Å². The van der Waals surface area contributed by atoms with Crippen LogP contribution in [0, 0.1) is 27.7 Å². The zero-order valence-electron chi connectivity index (χ0n) is 10.2. The van der Waals surface area contributed by atoms with Gasteiger partial charge in [0, 0.05) is 19.5 Å². The maximum absolute atomic E-state index is 2.28. The quantitative estimate of drug-likeness (QED) is 0.627. The second kappa shape index (κ2) is 3.44. The summed E-state index contributed by atoms with van der Waals surface area (Å²) in [7, 11) is 0. The van der Waals surface area contributed by atoms with E-state index in [0.29, 0.717) is 0 Å². The van der Waals surface area contributed by atoms with Crippen molar-refractivity contribution in [3.05, 3.63) is 32.0 Å². The normalized spacial score (nSPS) is 13.8. The maximum atomic E-state index is 2.28. The molecule has 0 spiro atoms. The summed E-state index contributed by atoms with van der Waals surface area (Å²) in [4.78, 5) is 6.14. The van der Waals surface area contributed by atoms with E-state index in [0.717, 1.165) is 0 Å². The summed E-state index contributed by atoms with van der Waals surface area (Å²) in [5, 5.41) is 0. The molecular formula is C14H16S2. The van der Waals surface area contributed by atoms with Gasteiger partial charge in [-0.3, -0.25) is 0 Å². The van der Waals surface area contributed by atoms with E-state index < -0.39 is 0 Å². The van der Waals surface area contributed by atoms with Crippen LogP contribution in [0.25, 0.3) is 9.75 Å². The van der Waals surface area contributed by atoms with Crippen LogP contribution in [0.2, 0.25) is 0 Å². The van der Waals surface area contributed by atoms with E-state index >= 15 is 0 Å². The van der Waals surface area contributed by atoms with Crippen LogP contribution in [0.3, 0.4) is 0 Å². The summed E-state index contributed by atoms with van der Waals surface area (Å²) >= 11 is 3.98. The van der Waals surface area contributed by atoms with Crippen molar-refractivity contribution in [2.75, 3.05) is 0 Å². The third-order valence-corrected chi connectivity index (χ3v) is 6.51. The first-order chi connectivity index (χ1) is 7.59. The monoisotopic (exact) mass is 248 g/mol. The number of thiophene rings is 2. The van der Waals surface area contributed by atoms with Crippen LogP contribution < -0.4 is 0 Å². The number of hydrogen-bond donors (Lipinski definition) is 0. The van der Waals surface area contributed by atoms with Crippen molar-refractivity contribution in [1.29, 1.82) is 0 Å². The van der Waals surface area contributed by atoms with E-state index in [2.05, 4.69) is 27.7 Å². The summed E-state index contributed by atoms with van der Waals surface area (Å²) in [6, 6.07) is 0. The van der Waals surface area contributed by atoms with Crippen molar-refractivity contribution < 1.29 is 0 Å². The Morgan fingerprint density at radius 3 is 1.44 bits per heavy atom. The van der Waals surface area contributed by atoms with Gasteiger partial charge in [-0.25, -0.2) is 0 Å². The van der Waals surface area contributed by atoms with E-state index in [-0.39, 0.29) is 0 Å². The SMILES string of the molecule is Cc1sc2c(c1C)CCc1c-2sc(C)c1C. The van der Waals surface area contributed by atoms with E-state index in [1.807, 2.05) is 22.7 Å². The molecule has 0 fully saturated rings. The zero-order chi connectivity index (χ0) is 11.4. The van der Waals surface area contributed by atoms with Gasteiger partial charge in [0.25, 0.3) is 0 Å². The van der Waals surface area contributed by atoms with Crippen LogP contribution in [0.4, 0.5) is 0 Å². The Bertz CT molecular complexity index is 518. The largest absolute Gasteiger partial charge is 0.139 e. The molecule has 84 valence electrons. The number of fused-ring (bicyclic) bond motifs is 3. The van der Waals surface area contributed by atoms with Crippen LogP contribution in [-0.2, 0) is 12.8 Å². The second-order valence-electron chi connectivity index (χ2n) is 4.68. The highest BCUT2D eigenvalue weighted by atomic mass is 32.1. The van der Waals surface area contributed by atoms with Gasteiger partial charge in [0.05, 0.1) is 0 Å². The molecule has 1 aliphatic rings. The molecule has 0 saturated carbocycles. The Hall–Kier alpha value is -0.600. The average molecular weight is 248 g/mol. The standard InChI is InChI=1S/C14H16S2/c1-7-9(3)15-13-11(7)5-6-12-8(2)10(4)16-14(12)13/h5-6H2,1-4H3. The first-order valence-corrected chi connectivity index (χ1v) is 7.41. The predicted molar refractivity (Wildman–Crippen MR) is 74.0 cm³/mol. The van der Waals surface area contributed by atoms with Gasteiger partial charge in [-0.15, -0.1) is 22.7 Å². The fraction of sp³-hybridized carbons (Fsp3) is 0.429. The summed E-state index contributed by atoms with van der Waals surface area (Å²) < 4.78 is 0. The first kappa shape index (κ1) is 10.5. The highest BCUT2D eigenvalue weighted by Gasteiger charge is 2.24. The minimum Gasteiger partial charge on any atom is -0.139 e. The van der Waals surface area contributed by atoms with Gasteiger partial charge in [-0.05, 0) is 62.8 Å². The molecule has 0 aliphatic heterocycles. The fourth-order valence-corrected chi connectivity index (χ4v) is 5.17. The summed E-state index contributed by atoms with van der Waals surface area (Å²) in [5.41, 5.74) is 6.32. The van der Waals surface area contributed by atoms with Crippen LogP contribution in [-0.4, -0.2) is 0 Å². The van der Waals surface area contributed by atoms with Gasteiger partial charge in [0.2, 0.25) is 0 Å². The molecule has 0 N–H and O–H groups in total. The Balaban J connectivity index is 2.31. The Labute approximate surface area is 105 Å². The van der Waals surface area contributed by atoms with Gasteiger partial charge < -0.3 is 0 Å². The number of hydrogen-bond acceptors (Lipinski definition) is 2. The third-order valence-electron chi connectivity index (χ3n) is 3.85. The molecule has 2 heterocycles. The Morgan fingerprint density at radius 1 is 0.688 bits per heavy atom. The Morgan fingerprint density at radius 2 is 1.06 bits per heavy atom. The molecule has 1 aliphatic carbocycles. The number of rotatable bonds is 0. The summed E-state index contributed by atoms with van der Waals surface area (Å²) in [6.45, 7) is 9.07. The van der Waals surface area contributed by atoms with Crippen molar-refractivity contribution in [3.8, 4) is 9.75 Å². The second-order valence-corrected chi connectivity index (χ2v) is 7.13. The van der Waals surface area contributed by atoms with Crippen molar-refractivity contribution in [3.63, 3.8) is 0 Å². The van der Waals surface area contributed by atoms with Crippen LogP contribution in [0.1, 0.15) is 32.0 Å². The highest BCUT2D eigenvalue weighted by molar-refractivity contribution is 7.22. The van der Waals surface area contributed by atoms with E-state index in [4.69, 9.17) is 0 Å². The minimum absolute atomic E-state index is 1.25. The average Bonchev–Trinajstić information content (AvgIpc) is 2.70. The van der Waals surface area contributed by atoms with E-state index in [9.17, 15) is 0 Å². The molecule has 2 aromatic heterocycles. The van der Waals surface area contributed by atoms with Crippen molar-refractivity contribution >= 4 is 22.7 Å². The molecule has 0 atom stereocenters. The molecule has 0 bridgehead atoms. The lowest BCUT2D eigenvalue weighted by atomic mass is 9.92. The zero-order valence-corrected chi connectivity index (χ0v) is 11.9. The Kier molecular flexibility index (Phi) is 2.27. The molecule has 2 heteroatoms. The van der Waals surface area contributed by atoms with Crippen LogP contribution >= 0.6 is 22.7 Å². The number of aryl methyl sites for hydroxylation is 2. The molecule has 0 amide bonds. The molecule has 0 aromatic carbocycles. The summed E-state index contributed by atoms with van der Waals surface area (Å²) in [5.74, 6) is 0. The van der Waals surface area contributed by atoms with Gasteiger partial charge in [-0.2, -0.15) is 0 Å². The van der Waals surface area contributed by atoms with Crippen LogP contribution in [0.15, 0.2) is 0 Å². The lowest BCUT2D eigenvalue weighted by Gasteiger charge is -2.13. The van der Waals surface area contributed by atoms with Crippen molar-refractivity contribution in [2.24, 2.45) is 0 Å². The maximum Gasteiger partial charge on any atom is 0.0483 e. The molecule has 0 nitrogen and oxygen atoms in total. The third kappa shape index (κ3) is 1.26. The molecule has 0 saturated heterocycles. The van der Waals surface area contributed by atoms with Crippen molar-refractivity contribution in [2.45, 2.75) is 40.5 Å². The van der Waals surface area contributed by atoms with Gasteiger partial charge in [0.15, 0.2) is 0 Å². The minimum atomic E-state index is 1.25. The van der Waals surface area contributed by atoms with Crippen molar-refractivity contribution in [1.82, 2.24) is 0 Å². The molecular weight excluding hydrogens is 232 g/mol. The molecule has 0 unspecified atom stereocenters. The highest BCUT2D eigenvalue weighted by Crippen LogP contribution is 2.47. The molecule has 2 aromatic rings. The predicted octanol–water partition coefficient (Wildman–Crippen LogP) is 4.81. The smallest absolute Gasteiger partial charge is 0.0483 e.